The minimum atomic E-state index is -0.222. The highest BCUT2D eigenvalue weighted by molar-refractivity contribution is 6.21. The molecule has 8 heteroatoms. The molecule has 0 aromatic heterocycles. The molecule has 0 saturated carbocycles. The number of methoxy groups -OCH3 is 2. The molecule has 2 aliphatic rings. The van der Waals surface area contributed by atoms with Gasteiger partial charge in [-0.2, -0.15) is 0 Å². The highest BCUT2D eigenvalue weighted by Crippen LogP contribution is 2.30. The Kier molecular flexibility index (Phi) is 6.41. The van der Waals surface area contributed by atoms with Crippen LogP contribution in [0.2, 0.25) is 0 Å². The van der Waals surface area contributed by atoms with Gasteiger partial charge >= 0.3 is 0 Å². The fourth-order valence-electron chi connectivity index (χ4n) is 4.31. The van der Waals surface area contributed by atoms with Gasteiger partial charge in [-0.25, -0.2) is 0 Å². The molecule has 0 bridgehead atoms. The summed E-state index contributed by atoms with van der Waals surface area (Å²) in [6, 6.07) is 12.2. The zero-order valence-electron chi connectivity index (χ0n) is 18.3. The Morgan fingerprint density at radius 1 is 0.938 bits per heavy atom. The summed E-state index contributed by atoms with van der Waals surface area (Å²) < 4.78 is 10.6. The van der Waals surface area contributed by atoms with Crippen molar-refractivity contribution < 1.29 is 23.9 Å². The number of piperidine rings is 1. The van der Waals surface area contributed by atoms with Gasteiger partial charge in [-0.1, -0.05) is 18.2 Å². The summed E-state index contributed by atoms with van der Waals surface area (Å²) in [5.74, 6) is 0.305. The van der Waals surface area contributed by atoms with E-state index in [1.165, 1.54) is 19.1 Å². The third kappa shape index (κ3) is 4.18. The average Bonchev–Trinajstić information content (AvgIpc) is 3.07. The van der Waals surface area contributed by atoms with E-state index in [4.69, 9.17) is 9.47 Å². The normalized spacial score (nSPS) is 16.8. The third-order valence-corrected chi connectivity index (χ3v) is 6.09. The Morgan fingerprint density at radius 3 is 2.19 bits per heavy atom. The largest absolute Gasteiger partial charge is 0.493 e. The standard InChI is InChI=1S/C24H27N3O5/c1-31-20-9-5-8-19(21(20)32-2)22(28)25-16-10-12-26(13-11-16)14-15-27-23(29)17-6-3-4-7-18(17)24(27)30/h3-9,16H,10-15H2,1-2H3,(H,25,28). The first kappa shape index (κ1) is 21.8. The van der Waals surface area contributed by atoms with Crippen LogP contribution in [-0.4, -0.2) is 74.0 Å². The van der Waals surface area contributed by atoms with Crippen LogP contribution in [0.3, 0.4) is 0 Å². The summed E-state index contributed by atoms with van der Waals surface area (Å²) in [7, 11) is 3.05. The summed E-state index contributed by atoms with van der Waals surface area (Å²) in [6.45, 7) is 2.55. The van der Waals surface area contributed by atoms with E-state index in [2.05, 4.69) is 10.2 Å². The highest BCUT2D eigenvalue weighted by atomic mass is 16.5. The minimum absolute atomic E-state index is 0.0500. The molecule has 2 aromatic rings. The van der Waals surface area contributed by atoms with Crippen molar-refractivity contribution in [3.8, 4) is 11.5 Å². The molecule has 1 fully saturated rings. The first-order valence-corrected chi connectivity index (χ1v) is 10.7. The monoisotopic (exact) mass is 437 g/mol. The number of ether oxygens (including phenoxy) is 2. The van der Waals surface area contributed by atoms with E-state index in [0.717, 1.165) is 25.9 Å². The number of nitrogens with one attached hydrogen (secondary N) is 1. The van der Waals surface area contributed by atoms with Crippen molar-refractivity contribution in [3.05, 3.63) is 59.2 Å². The number of carbonyl (C=O) groups excluding carboxylic acids is 3. The summed E-state index contributed by atoms with van der Waals surface area (Å²) in [5, 5.41) is 3.09. The number of carbonyl (C=O) groups is 3. The second kappa shape index (κ2) is 9.40. The maximum Gasteiger partial charge on any atom is 0.261 e. The van der Waals surface area contributed by atoms with Crippen LogP contribution in [0.25, 0.3) is 0 Å². The quantitative estimate of drug-likeness (QED) is 0.668. The van der Waals surface area contributed by atoms with Crippen LogP contribution in [0.1, 0.15) is 43.9 Å². The third-order valence-electron chi connectivity index (χ3n) is 6.09. The molecule has 0 spiro atoms. The van der Waals surface area contributed by atoms with Gasteiger partial charge < -0.3 is 19.7 Å². The molecule has 0 radical (unpaired) electrons. The molecule has 8 nitrogen and oxygen atoms in total. The van der Waals surface area contributed by atoms with E-state index in [1.807, 2.05) is 0 Å². The fraction of sp³-hybridized carbons (Fsp3) is 0.375. The second-order valence-electron chi connectivity index (χ2n) is 7.94. The van der Waals surface area contributed by atoms with Crippen molar-refractivity contribution in [3.63, 3.8) is 0 Å². The van der Waals surface area contributed by atoms with E-state index in [-0.39, 0.29) is 23.8 Å². The van der Waals surface area contributed by atoms with E-state index >= 15 is 0 Å². The lowest BCUT2D eigenvalue weighted by Crippen LogP contribution is -2.47. The molecule has 2 heterocycles. The van der Waals surface area contributed by atoms with E-state index < -0.39 is 0 Å². The number of fused-ring (bicyclic) bond motifs is 1. The highest BCUT2D eigenvalue weighted by Gasteiger charge is 2.35. The molecule has 1 N–H and O–H groups in total. The second-order valence-corrected chi connectivity index (χ2v) is 7.94. The van der Waals surface area contributed by atoms with Gasteiger partial charge in [-0.15, -0.1) is 0 Å². The molecule has 2 aliphatic heterocycles. The zero-order valence-corrected chi connectivity index (χ0v) is 18.3. The molecule has 1 saturated heterocycles. The lowest BCUT2D eigenvalue weighted by atomic mass is 10.0. The van der Waals surface area contributed by atoms with Crippen LogP contribution in [0.4, 0.5) is 0 Å². The van der Waals surface area contributed by atoms with Gasteiger partial charge in [-0.05, 0) is 37.1 Å². The maximum atomic E-state index is 12.8. The predicted molar refractivity (Wildman–Crippen MR) is 118 cm³/mol. The lowest BCUT2D eigenvalue weighted by Gasteiger charge is -2.33. The van der Waals surface area contributed by atoms with Gasteiger partial charge in [0, 0.05) is 32.2 Å². The molecule has 0 aliphatic carbocycles. The van der Waals surface area contributed by atoms with Gasteiger partial charge in [0.25, 0.3) is 17.7 Å². The number of amides is 3. The summed E-state index contributed by atoms with van der Waals surface area (Å²) in [6.07, 6.45) is 1.58. The van der Waals surface area contributed by atoms with Crippen molar-refractivity contribution in [2.45, 2.75) is 18.9 Å². The SMILES string of the molecule is COc1cccc(C(=O)NC2CCN(CCN3C(=O)c4ccccc4C3=O)CC2)c1OC. The maximum absolute atomic E-state index is 12.8. The van der Waals surface area contributed by atoms with E-state index in [0.29, 0.717) is 41.3 Å². The smallest absolute Gasteiger partial charge is 0.261 e. The molecule has 0 unspecified atom stereocenters. The molecule has 32 heavy (non-hydrogen) atoms. The van der Waals surface area contributed by atoms with Crippen LogP contribution in [0.15, 0.2) is 42.5 Å². The lowest BCUT2D eigenvalue weighted by molar-refractivity contribution is 0.0624. The van der Waals surface area contributed by atoms with Crippen LogP contribution >= 0.6 is 0 Å². The van der Waals surface area contributed by atoms with Gasteiger partial charge in [0.05, 0.1) is 30.9 Å². The number of para-hydroxylation sites is 1. The van der Waals surface area contributed by atoms with Crippen molar-refractivity contribution in [2.24, 2.45) is 0 Å². The summed E-state index contributed by atoms with van der Waals surface area (Å²) in [5.41, 5.74) is 1.40. The summed E-state index contributed by atoms with van der Waals surface area (Å²) >= 11 is 0. The van der Waals surface area contributed by atoms with Crippen molar-refractivity contribution >= 4 is 17.7 Å². The number of rotatable bonds is 7. The molecular weight excluding hydrogens is 410 g/mol. The molecule has 3 amide bonds. The number of hydrogen-bond donors (Lipinski definition) is 1. The van der Waals surface area contributed by atoms with Crippen molar-refractivity contribution in [1.82, 2.24) is 15.1 Å². The number of likely N-dealkylation sites (tertiary alicyclic amines) is 1. The Balaban J connectivity index is 1.28. The number of nitrogens with zero attached hydrogens (tertiary/aromatic N) is 2. The Bertz CT molecular complexity index is 995. The Morgan fingerprint density at radius 2 is 1.59 bits per heavy atom. The van der Waals surface area contributed by atoms with E-state index in [9.17, 15) is 14.4 Å². The van der Waals surface area contributed by atoms with Gasteiger partial charge in [0.2, 0.25) is 0 Å². The number of imide groups is 1. The van der Waals surface area contributed by atoms with Gasteiger partial charge in [-0.3, -0.25) is 19.3 Å². The predicted octanol–water partition coefficient (Wildman–Crippen LogP) is 2.19. The zero-order chi connectivity index (χ0) is 22.7. The van der Waals surface area contributed by atoms with Crippen LogP contribution < -0.4 is 14.8 Å². The van der Waals surface area contributed by atoms with Crippen LogP contribution in [0, 0.1) is 0 Å². The van der Waals surface area contributed by atoms with Gasteiger partial charge in [0.1, 0.15) is 0 Å². The molecular formula is C24H27N3O5. The van der Waals surface area contributed by atoms with Crippen molar-refractivity contribution in [2.75, 3.05) is 40.4 Å². The molecule has 0 atom stereocenters. The molecule has 168 valence electrons. The average molecular weight is 437 g/mol. The fourth-order valence-corrected chi connectivity index (χ4v) is 4.31. The minimum Gasteiger partial charge on any atom is -0.493 e. The number of hydrogen-bond acceptors (Lipinski definition) is 6. The summed E-state index contributed by atoms with van der Waals surface area (Å²) in [4.78, 5) is 41.3. The Hall–Kier alpha value is -3.39. The first-order valence-electron chi connectivity index (χ1n) is 10.7. The van der Waals surface area contributed by atoms with Crippen molar-refractivity contribution in [1.29, 1.82) is 0 Å². The van der Waals surface area contributed by atoms with Crippen LogP contribution in [0.5, 0.6) is 11.5 Å². The molecule has 4 rings (SSSR count). The first-order chi connectivity index (χ1) is 15.5. The number of benzene rings is 2. The van der Waals surface area contributed by atoms with Gasteiger partial charge in [0.15, 0.2) is 11.5 Å². The molecule has 2 aromatic carbocycles. The Labute approximate surface area is 187 Å². The van der Waals surface area contributed by atoms with Crippen LogP contribution in [-0.2, 0) is 0 Å². The topological polar surface area (TPSA) is 88.2 Å². The van der Waals surface area contributed by atoms with E-state index in [1.54, 1.807) is 42.5 Å².